The molecule has 244 valence electrons. The Labute approximate surface area is 275 Å². The highest BCUT2D eigenvalue weighted by Crippen LogP contribution is 2.43. The summed E-state index contributed by atoms with van der Waals surface area (Å²) in [6.07, 6.45) is 5.55. The van der Waals surface area contributed by atoms with Gasteiger partial charge >= 0.3 is 0 Å². The predicted molar refractivity (Wildman–Crippen MR) is 184 cm³/mol. The monoisotopic (exact) mass is 622 g/mol. The SMILES string of the molecule is CN1CCC2(CC1)C(=O)CCN2c1ccccc1.CN1CCC2c3ccccc3OCC21.CN1CC[C@@H]2c3ccccc3O[C@@H]2C1. The van der Waals surface area contributed by atoms with E-state index in [1.165, 1.54) is 42.7 Å². The number of ether oxygens (including phenoxy) is 2. The van der Waals surface area contributed by atoms with Crippen LogP contribution >= 0.6 is 0 Å². The summed E-state index contributed by atoms with van der Waals surface area (Å²) in [6.45, 7) is 7.25. The molecule has 4 saturated heterocycles. The van der Waals surface area contributed by atoms with Crippen molar-refractivity contribution in [2.45, 2.75) is 61.6 Å². The summed E-state index contributed by atoms with van der Waals surface area (Å²) >= 11 is 0. The average Bonchev–Trinajstić information content (AvgIpc) is 3.76. The van der Waals surface area contributed by atoms with Gasteiger partial charge in [0.1, 0.15) is 29.7 Å². The Bertz CT molecular complexity index is 1490. The first-order valence-electron chi connectivity index (χ1n) is 17.3. The third-order valence-corrected chi connectivity index (χ3v) is 11.4. The first-order chi connectivity index (χ1) is 22.4. The number of Topliss-reactive ketones (excluding diaryl/α,β-unsaturated/α-hetero) is 1. The maximum absolute atomic E-state index is 12.4. The van der Waals surface area contributed by atoms with E-state index in [0.717, 1.165) is 57.1 Å². The summed E-state index contributed by atoms with van der Waals surface area (Å²) < 4.78 is 11.7. The minimum Gasteiger partial charge on any atom is -0.492 e. The second-order valence-electron chi connectivity index (χ2n) is 14.1. The van der Waals surface area contributed by atoms with Crippen LogP contribution in [0.2, 0.25) is 0 Å². The zero-order chi connectivity index (χ0) is 31.7. The smallest absolute Gasteiger partial charge is 0.160 e. The fourth-order valence-corrected chi connectivity index (χ4v) is 8.64. The van der Waals surface area contributed by atoms with Crippen molar-refractivity contribution in [3.63, 3.8) is 0 Å². The standard InChI is InChI=1S/C15H20N2O.2C12H15NO/c1-16-11-8-15(9-12-16)14(18)7-10-17(15)13-5-3-2-4-6-13;1-13-7-6-9-10-4-2-3-5-12(10)14-8-11(9)13;1-13-7-6-10-9-4-2-3-5-11(9)14-12(10)8-13/h2-6H,7-12H2,1H3;2-5,9,11H,6-8H2,1H3;2-5,10,12H,6-8H2,1H3/t;;10-,12-/m..1/s1. The first kappa shape index (κ1) is 31.2. The number of piperidine rings is 2. The second-order valence-corrected chi connectivity index (χ2v) is 14.1. The van der Waals surface area contributed by atoms with Crippen molar-refractivity contribution >= 4 is 11.5 Å². The molecule has 3 aromatic carbocycles. The number of likely N-dealkylation sites (tertiary alicyclic amines) is 3. The number of ketones is 1. The number of fused-ring (bicyclic) bond motifs is 6. The van der Waals surface area contributed by atoms with E-state index >= 15 is 0 Å². The van der Waals surface area contributed by atoms with Crippen molar-refractivity contribution in [2.75, 3.05) is 71.9 Å². The van der Waals surface area contributed by atoms with Crippen LogP contribution in [0.3, 0.4) is 0 Å². The van der Waals surface area contributed by atoms with Crippen molar-refractivity contribution in [3.05, 3.63) is 90.0 Å². The molecule has 4 fully saturated rings. The van der Waals surface area contributed by atoms with Crippen molar-refractivity contribution in [2.24, 2.45) is 0 Å². The van der Waals surface area contributed by atoms with Crippen LogP contribution in [0.25, 0.3) is 0 Å². The molecule has 0 N–H and O–H groups in total. The lowest BCUT2D eigenvalue weighted by molar-refractivity contribution is -0.123. The fourth-order valence-electron chi connectivity index (χ4n) is 8.64. The number of benzene rings is 3. The van der Waals surface area contributed by atoms with Crippen LogP contribution in [-0.4, -0.2) is 105 Å². The summed E-state index contributed by atoms with van der Waals surface area (Å²) in [4.78, 5) is 21.8. The van der Waals surface area contributed by atoms with Crippen LogP contribution in [0, 0.1) is 0 Å². The molecule has 6 aliphatic rings. The molecule has 1 spiro atoms. The average molecular weight is 623 g/mol. The molecule has 0 aliphatic carbocycles. The first-order valence-corrected chi connectivity index (χ1v) is 17.3. The number of carbonyl (C=O) groups is 1. The van der Waals surface area contributed by atoms with E-state index in [1.807, 2.05) is 6.07 Å². The number of rotatable bonds is 1. The molecule has 3 aromatic rings. The van der Waals surface area contributed by atoms with Crippen LogP contribution in [0.15, 0.2) is 78.9 Å². The summed E-state index contributed by atoms with van der Waals surface area (Å²) in [5.41, 5.74) is 3.82. The maximum atomic E-state index is 12.4. The zero-order valence-electron chi connectivity index (χ0n) is 27.8. The van der Waals surface area contributed by atoms with Gasteiger partial charge in [0, 0.05) is 55.7 Å². The van der Waals surface area contributed by atoms with E-state index in [1.54, 1.807) is 0 Å². The molecule has 0 bridgehead atoms. The van der Waals surface area contributed by atoms with Gasteiger partial charge in [-0.05, 0) is 89.7 Å². The third-order valence-electron chi connectivity index (χ3n) is 11.4. The number of anilines is 1. The van der Waals surface area contributed by atoms with Gasteiger partial charge in [0.15, 0.2) is 5.78 Å². The topological polar surface area (TPSA) is 48.5 Å². The van der Waals surface area contributed by atoms with Gasteiger partial charge < -0.3 is 24.2 Å². The lowest BCUT2D eigenvalue weighted by Crippen LogP contribution is -2.55. The van der Waals surface area contributed by atoms with Gasteiger partial charge in [0.2, 0.25) is 0 Å². The molecule has 4 atom stereocenters. The molecule has 7 heteroatoms. The molecule has 6 aliphatic heterocycles. The second kappa shape index (κ2) is 13.4. The number of hydrogen-bond donors (Lipinski definition) is 0. The Kier molecular flexibility index (Phi) is 9.08. The highest BCUT2D eigenvalue weighted by molar-refractivity contribution is 5.95. The third kappa shape index (κ3) is 6.05. The molecule has 0 radical (unpaired) electrons. The highest BCUT2D eigenvalue weighted by atomic mass is 16.5. The van der Waals surface area contributed by atoms with E-state index in [4.69, 9.17) is 9.47 Å². The quantitative estimate of drug-likeness (QED) is 0.347. The van der Waals surface area contributed by atoms with Gasteiger partial charge in [-0.25, -0.2) is 0 Å². The van der Waals surface area contributed by atoms with E-state index in [-0.39, 0.29) is 5.54 Å². The van der Waals surface area contributed by atoms with Gasteiger partial charge in [-0.1, -0.05) is 54.6 Å². The van der Waals surface area contributed by atoms with Crippen molar-refractivity contribution in [1.29, 1.82) is 0 Å². The molecule has 2 unspecified atom stereocenters. The molecular weight excluding hydrogens is 572 g/mol. The molecular formula is C39H50N4O3. The largest absolute Gasteiger partial charge is 0.492 e. The molecule has 0 amide bonds. The number of para-hydroxylation sites is 3. The van der Waals surface area contributed by atoms with Gasteiger partial charge in [-0.3, -0.25) is 9.69 Å². The maximum Gasteiger partial charge on any atom is 0.160 e. The molecule has 0 aromatic heterocycles. The van der Waals surface area contributed by atoms with Crippen LogP contribution < -0.4 is 14.4 Å². The molecule has 9 rings (SSSR count). The number of nitrogens with zero attached hydrogens (tertiary/aromatic N) is 4. The van der Waals surface area contributed by atoms with Crippen molar-refractivity contribution in [3.8, 4) is 11.5 Å². The Hall–Kier alpha value is -3.39. The number of likely N-dealkylation sites (N-methyl/N-ethyl adjacent to an activating group) is 2. The van der Waals surface area contributed by atoms with Gasteiger partial charge in [-0.2, -0.15) is 0 Å². The van der Waals surface area contributed by atoms with Gasteiger partial charge in [-0.15, -0.1) is 0 Å². The Morgan fingerprint density at radius 1 is 0.696 bits per heavy atom. The lowest BCUT2D eigenvalue weighted by Gasteiger charge is -2.43. The van der Waals surface area contributed by atoms with E-state index in [0.29, 0.717) is 36.2 Å². The lowest BCUT2D eigenvalue weighted by atomic mass is 9.84. The fraction of sp³-hybridized carbons (Fsp3) is 0.513. The summed E-state index contributed by atoms with van der Waals surface area (Å²) in [6, 6.07) is 27.9. The van der Waals surface area contributed by atoms with Crippen LogP contribution in [0.5, 0.6) is 11.5 Å². The molecule has 0 saturated carbocycles. The summed E-state index contributed by atoms with van der Waals surface area (Å²) in [7, 11) is 6.50. The van der Waals surface area contributed by atoms with E-state index < -0.39 is 0 Å². The normalized spacial score (nSPS) is 28.0. The van der Waals surface area contributed by atoms with Gasteiger partial charge in [0.25, 0.3) is 0 Å². The summed E-state index contributed by atoms with van der Waals surface area (Å²) in [5, 5.41) is 0. The molecule has 7 nitrogen and oxygen atoms in total. The Morgan fingerprint density at radius 3 is 2.11 bits per heavy atom. The minimum absolute atomic E-state index is 0.214. The minimum atomic E-state index is -0.214. The number of hydrogen-bond acceptors (Lipinski definition) is 7. The van der Waals surface area contributed by atoms with Gasteiger partial charge in [0.05, 0.1) is 6.04 Å². The van der Waals surface area contributed by atoms with Crippen molar-refractivity contribution < 1.29 is 14.3 Å². The summed E-state index contributed by atoms with van der Waals surface area (Å²) in [5.74, 6) is 3.99. The molecule has 46 heavy (non-hydrogen) atoms. The van der Waals surface area contributed by atoms with Crippen LogP contribution in [-0.2, 0) is 4.79 Å². The van der Waals surface area contributed by atoms with Crippen molar-refractivity contribution in [1.82, 2.24) is 14.7 Å². The van der Waals surface area contributed by atoms with E-state index in [9.17, 15) is 4.79 Å². The van der Waals surface area contributed by atoms with Crippen LogP contribution in [0.1, 0.15) is 55.1 Å². The Morgan fingerprint density at radius 2 is 1.35 bits per heavy atom. The molecule has 6 heterocycles. The predicted octanol–water partition coefficient (Wildman–Crippen LogP) is 5.66. The van der Waals surface area contributed by atoms with Crippen LogP contribution in [0.4, 0.5) is 5.69 Å². The highest BCUT2D eigenvalue weighted by Gasteiger charge is 2.49. The Balaban J connectivity index is 0.000000111. The number of carbonyl (C=O) groups excluding carboxylic acids is 1. The van der Waals surface area contributed by atoms with E-state index in [2.05, 4.69) is 114 Å². The zero-order valence-corrected chi connectivity index (χ0v) is 27.8.